The van der Waals surface area contributed by atoms with Crippen molar-refractivity contribution in [1.29, 1.82) is 0 Å². The number of benzene rings is 2. The third-order valence-corrected chi connectivity index (χ3v) is 5.40. The molecule has 11 heteroatoms. The fourth-order valence-electron chi connectivity index (χ4n) is 3.34. The van der Waals surface area contributed by atoms with Crippen LogP contribution in [-0.2, 0) is 21.2 Å². The lowest BCUT2D eigenvalue weighted by Crippen LogP contribution is -2.49. The summed E-state index contributed by atoms with van der Waals surface area (Å²) >= 11 is 0. The molecule has 0 atom stereocenters. The molecular formula is C21H24N4O6S. The first-order valence-corrected chi connectivity index (χ1v) is 11.7. The normalized spacial score (nSPS) is 14.0. The zero-order valence-electron chi connectivity index (χ0n) is 17.9. The fraction of sp³-hybridized carbons (Fsp3) is 0.286. The van der Waals surface area contributed by atoms with E-state index in [0.717, 1.165) is 11.8 Å². The standard InChI is InChI=1S/C21H24N4O6S/c1-4-13-11-16(25-10-9-18(26)23-21(25)28)12-17(19(13)31-2)20(27)22-14-5-7-15(8-6-14)24-32(3,29)30/h5-8,11-12,24H,4,9-10H2,1-3H3,(H,22,27)(H,23,26,28). The molecule has 32 heavy (non-hydrogen) atoms. The number of methoxy groups -OCH3 is 1. The first-order valence-electron chi connectivity index (χ1n) is 9.82. The molecule has 0 spiro atoms. The first-order chi connectivity index (χ1) is 15.1. The van der Waals surface area contributed by atoms with Crippen molar-refractivity contribution in [3.8, 4) is 5.75 Å². The van der Waals surface area contributed by atoms with E-state index in [4.69, 9.17) is 4.74 Å². The number of hydrogen-bond acceptors (Lipinski definition) is 6. The van der Waals surface area contributed by atoms with Gasteiger partial charge in [-0.25, -0.2) is 13.2 Å². The topological polar surface area (TPSA) is 134 Å². The number of aryl methyl sites for hydroxylation is 1. The molecule has 1 aliphatic rings. The van der Waals surface area contributed by atoms with Crippen molar-refractivity contribution < 1.29 is 27.5 Å². The van der Waals surface area contributed by atoms with Crippen LogP contribution < -0.4 is 25.0 Å². The summed E-state index contributed by atoms with van der Waals surface area (Å²) < 4.78 is 30.5. The average molecular weight is 461 g/mol. The molecule has 0 unspecified atom stereocenters. The monoisotopic (exact) mass is 460 g/mol. The van der Waals surface area contributed by atoms with E-state index in [-0.39, 0.29) is 24.4 Å². The van der Waals surface area contributed by atoms with E-state index in [1.54, 1.807) is 24.3 Å². The van der Waals surface area contributed by atoms with Crippen LogP contribution in [0.15, 0.2) is 36.4 Å². The summed E-state index contributed by atoms with van der Waals surface area (Å²) in [7, 11) is -1.95. The van der Waals surface area contributed by atoms with Gasteiger partial charge in [0.15, 0.2) is 0 Å². The number of hydrogen-bond donors (Lipinski definition) is 3. The van der Waals surface area contributed by atoms with Gasteiger partial charge in [0.25, 0.3) is 5.91 Å². The Balaban J connectivity index is 1.90. The maximum Gasteiger partial charge on any atom is 0.328 e. The van der Waals surface area contributed by atoms with Gasteiger partial charge in [0.05, 0.1) is 18.9 Å². The lowest BCUT2D eigenvalue weighted by Gasteiger charge is -2.28. The van der Waals surface area contributed by atoms with Crippen molar-refractivity contribution in [2.45, 2.75) is 19.8 Å². The van der Waals surface area contributed by atoms with E-state index >= 15 is 0 Å². The van der Waals surface area contributed by atoms with E-state index in [1.165, 1.54) is 24.1 Å². The average Bonchev–Trinajstić information content (AvgIpc) is 2.73. The summed E-state index contributed by atoms with van der Waals surface area (Å²) in [5.41, 5.74) is 2.24. The van der Waals surface area contributed by atoms with Crippen molar-refractivity contribution >= 4 is 44.9 Å². The highest BCUT2D eigenvalue weighted by Gasteiger charge is 2.27. The van der Waals surface area contributed by atoms with Crippen LogP contribution in [0, 0.1) is 0 Å². The van der Waals surface area contributed by atoms with E-state index < -0.39 is 22.0 Å². The third-order valence-electron chi connectivity index (χ3n) is 4.79. The molecule has 4 amide bonds. The predicted octanol–water partition coefficient (Wildman–Crippen LogP) is 2.33. The van der Waals surface area contributed by atoms with E-state index in [2.05, 4.69) is 15.4 Å². The van der Waals surface area contributed by atoms with Crippen molar-refractivity contribution in [3.05, 3.63) is 47.5 Å². The summed E-state index contributed by atoms with van der Waals surface area (Å²) in [5, 5.41) is 5.02. The highest BCUT2D eigenvalue weighted by Crippen LogP contribution is 2.32. The van der Waals surface area contributed by atoms with Crippen molar-refractivity contribution in [1.82, 2.24) is 5.32 Å². The molecule has 170 valence electrons. The lowest BCUT2D eigenvalue weighted by atomic mass is 10.0. The number of nitrogens with zero attached hydrogens (tertiary/aromatic N) is 1. The van der Waals surface area contributed by atoms with Crippen LogP contribution in [0.1, 0.15) is 29.3 Å². The Kier molecular flexibility index (Phi) is 6.68. The minimum atomic E-state index is -3.41. The highest BCUT2D eigenvalue weighted by molar-refractivity contribution is 7.92. The van der Waals surface area contributed by atoms with Gasteiger partial charge in [0.1, 0.15) is 5.75 Å². The minimum absolute atomic E-state index is 0.161. The molecule has 0 bridgehead atoms. The molecule has 2 aromatic rings. The maximum atomic E-state index is 13.1. The molecule has 0 saturated carbocycles. The van der Waals surface area contributed by atoms with Gasteiger partial charge in [-0.2, -0.15) is 0 Å². The Morgan fingerprint density at radius 3 is 2.38 bits per heavy atom. The molecule has 0 radical (unpaired) electrons. The summed E-state index contributed by atoms with van der Waals surface area (Å²) in [4.78, 5) is 38.2. The molecule has 1 saturated heterocycles. The van der Waals surface area contributed by atoms with Gasteiger partial charge in [-0.3, -0.25) is 24.5 Å². The SMILES string of the molecule is CCc1cc(N2CCC(=O)NC2=O)cc(C(=O)Nc2ccc(NS(C)(=O)=O)cc2)c1OC. The number of sulfonamides is 1. The predicted molar refractivity (Wildman–Crippen MR) is 121 cm³/mol. The molecule has 2 aromatic carbocycles. The Morgan fingerprint density at radius 1 is 1.16 bits per heavy atom. The number of carbonyl (C=O) groups is 3. The van der Waals surface area contributed by atoms with Gasteiger partial charge in [0, 0.05) is 30.0 Å². The third kappa shape index (κ3) is 5.35. The second kappa shape index (κ2) is 9.27. The molecule has 1 fully saturated rings. The number of rotatable bonds is 7. The van der Waals surface area contributed by atoms with Crippen LogP contribution in [0.25, 0.3) is 0 Å². The highest BCUT2D eigenvalue weighted by atomic mass is 32.2. The Hall–Kier alpha value is -3.60. The molecular weight excluding hydrogens is 436 g/mol. The summed E-state index contributed by atoms with van der Waals surface area (Å²) in [5.74, 6) is -0.421. The zero-order chi connectivity index (χ0) is 23.5. The minimum Gasteiger partial charge on any atom is -0.496 e. The van der Waals surface area contributed by atoms with Gasteiger partial charge in [0.2, 0.25) is 15.9 Å². The number of amides is 4. The van der Waals surface area contributed by atoms with Crippen LogP contribution in [0.4, 0.5) is 21.9 Å². The van der Waals surface area contributed by atoms with Crippen LogP contribution >= 0.6 is 0 Å². The Morgan fingerprint density at radius 2 is 1.81 bits per heavy atom. The number of carbonyl (C=O) groups excluding carboxylic acids is 3. The van der Waals surface area contributed by atoms with Gasteiger partial charge < -0.3 is 10.1 Å². The summed E-state index contributed by atoms with van der Waals surface area (Å²) in [6, 6.07) is 8.93. The fourth-order valence-corrected chi connectivity index (χ4v) is 3.91. The second-order valence-corrected chi connectivity index (χ2v) is 8.95. The van der Waals surface area contributed by atoms with Gasteiger partial charge in [-0.1, -0.05) is 6.92 Å². The van der Waals surface area contributed by atoms with Crippen LogP contribution in [0.3, 0.4) is 0 Å². The van der Waals surface area contributed by atoms with E-state index in [9.17, 15) is 22.8 Å². The van der Waals surface area contributed by atoms with Gasteiger partial charge >= 0.3 is 6.03 Å². The molecule has 3 N–H and O–H groups in total. The summed E-state index contributed by atoms with van der Waals surface area (Å²) in [6.45, 7) is 2.10. The van der Waals surface area contributed by atoms with Crippen molar-refractivity contribution in [2.75, 3.05) is 34.8 Å². The largest absolute Gasteiger partial charge is 0.496 e. The van der Waals surface area contributed by atoms with Crippen molar-refractivity contribution in [3.63, 3.8) is 0 Å². The zero-order valence-corrected chi connectivity index (χ0v) is 18.7. The molecule has 10 nitrogen and oxygen atoms in total. The van der Waals surface area contributed by atoms with E-state index in [0.29, 0.717) is 29.2 Å². The van der Waals surface area contributed by atoms with E-state index in [1.807, 2.05) is 6.92 Å². The van der Waals surface area contributed by atoms with Crippen molar-refractivity contribution in [2.24, 2.45) is 0 Å². The smallest absolute Gasteiger partial charge is 0.328 e. The number of ether oxygens (including phenoxy) is 1. The molecule has 0 aliphatic carbocycles. The first kappa shape index (κ1) is 23.1. The lowest BCUT2D eigenvalue weighted by molar-refractivity contribution is -0.120. The van der Waals surface area contributed by atoms with Crippen LogP contribution in [0.5, 0.6) is 5.75 Å². The summed E-state index contributed by atoms with van der Waals surface area (Å²) in [6.07, 6.45) is 1.76. The van der Waals surface area contributed by atoms with Crippen LogP contribution in [-0.4, -0.2) is 46.2 Å². The number of nitrogens with one attached hydrogen (secondary N) is 3. The number of anilines is 3. The molecule has 0 aromatic heterocycles. The van der Waals surface area contributed by atoms with Gasteiger partial charge in [-0.15, -0.1) is 0 Å². The Bertz CT molecular complexity index is 1160. The molecule has 1 aliphatic heterocycles. The number of imide groups is 1. The second-order valence-electron chi connectivity index (χ2n) is 7.20. The quantitative estimate of drug-likeness (QED) is 0.581. The van der Waals surface area contributed by atoms with Crippen LogP contribution in [0.2, 0.25) is 0 Å². The van der Waals surface area contributed by atoms with Gasteiger partial charge in [-0.05, 0) is 48.4 Å². The number of urea groups is 1. The maximum absolute atomic E-state index is 13.1. The Labute approximate surface area is 186 Å². The molecule has 3 rings (SSSR count). The molecule has 1 heterocycles.